The number of esters is 1. The van der Waals surface area contributed by atoms with Gasteiger partial charge in [-0.05, 0) is 50.1 Å². The van der Waals surface area contributed by atoms with Gasteiger partial charge in [0.1, 0.15) is 0 Å². The van der Waals surface area contributed by atoms with Gasteiger partial charge in [-0.2, -0.15) is 0 Å². The highest BCUT2D eigenvalue weighted by atomic mass is 16.5. The van der Waals surface area contributed by atoms with Crippen LogP contribution in [0.15, 0.2) is 0 Å². The van der Waals surface area contributed by atoms with Crippen molar-refractivity contribution in [1.82, 2.24) is 5.32 Å². The van der Waals surface area contributed by atoms with Crippen molar-refractivity contribution in [1.29, 1.82) is 0 Å². The lowest BCUT2D eigenvalue weighted by Gasteiger charge is -2.21. The molecule has 2 aliphatic rings. The first-order valence-corrected chi connectivity index (χ1v) is 5.59. The van der Waals surface area contributed by atoms with Crippen LogP contribution in [0.25, 0.3) is 0 Å². The number of nitrogens with one attached hydrogen (secondary N) is 1. The van der Waals surface area contributed by atoms with E-state index in [0.717, 1.165) is 19.0 Å². The normalized spacial score (nSPS) is 28.8. The fraction of sp³-hybridized carbons (Fsp3) is 0.909. The number of ether oxygens (including phenoxy) is 1. The van der Waals surface area contributed by atoms with Gasteiger partial charge in [-0.15, -0.1) is 0 Å². The third kappa shape index (κ3) is 2.27. The van der Waals surface area contributed by atoms with E-state index in [1.807, 2.05) is 0 Å². The molecule has 0 aromatic heterocycles. The van der Waals surface area contributed by atoms with Crippen molar-refractivity contribution in [2.75, 3.05) is 20.2 Å². The zero-order valence-electron chi connectivity index (χ0n) is 8.79. The van der Waals surface area contributed by atoms with Crippen molar-refractivity contribution >= 4 is 5.97 Å². The van der Waals surface area contributed by atoms with Crippen LogP contribution >= 0.6 is 0 Å². The largest absolute Gasteiger partial charge is 0.469 e. The van der Waals surface area contributed by atoms with Crippen molar-refractivity contribution < 1.29 is 9.53 Å². The lowest BCUT2D eigenvalue weighted by molar-refractivity contribution is -0.142. The van der Waals surface area contributed by atoms with E-state index in [0.29, 0.717) is 18.3 Å². The third-order valence-electron chi connectivity index (χ3n) is 3.56. The summed E-state index contributed by atoms with van der Waals surface area (Å²) in [5, 5.41) is 3.37. The third-order valence-corrected chi connectivity index (χ3v) is 3.56. The lowest BCUT2D eigenvalue weighted by atomic mass is 9.85. The summed E-state index contributed by atoms with van der Waals surface area (Å²) in [5.74, 6) is 2.06. The van der Waals surface area contributed by atoms with Gasteiger partial charge in [-0.3, -0.25) is 4.79 Å². The molecule has 0 amide bonds. The highest BCUT2D eigenvalue weighted by Crippen LogP contribution is 2.43. The molecule has 3 nitrogen and oxygen atoms in total. The van der Waals surface area contributed by atoms with Crippen LogP contribution < -0.4 is 5.32 Å². The first-order chi connectivity index (χ1) is 6.81. The fourth-order valence-corrected chi connectivity index (χ4v) is 2.56. The Labute approximate surface area is 85.2 Å². The van der Waals surface area contributed by atoms with Crippen LogP contribution in [0.4, 0.5) is 0 Å². The minimum absolute atomic E-state index is 0.0335. The van der Waals surface area contributed by atoms with Gasteiger partial charge in [-0.25, -0.2) is 0 Å². The van der Waals surface area contributed by atoms with E-state index in [-0.39, 0.29) is 5.97 Å². The van der Waals surface area contributed by atoms with Gasteiger partial charge >= 0.3 is 5.97 Å². The van der Waals surface area contributed by atoms with Crippen LogP contribution in [0, 0.1) is 17.8 Å². The second kappa shape index (κ2) is 4.30. The van der Waals surface area contributed by atoms with E-state index in [2.05, 4.69) is 5.32 Å². The van der Waals surface area contributed by atoms with Gasteiger partial charge in [0.15, 0.2) is 0 Å². The summed E-state index contributed by atoms with van der Waals surface area (Å²) in [6.45, 7) is 2.22. The zero-order chi connectivity index (χ0) is 9.97. The number of rotatable bonds is 4. The lowest BCUT2D eigenvalue weighted by Crippen LogP contribution is -2.23. The molecule has 2 unspecified atom stereocenters. The summed E-state index contributed by atoms with van der Waals surface area (Å²) >= 11 is 0. The van der Waals surface area contributed by atoms with Crippen LogP contribution in [0.1, 0.15) is 25.7 Å². The second-order valence-corrected chi connectivity index (χ2v) is 4.53. The Hall–Kier alpha value is -0.570. The first kappa shape index (κ1) is 9.97. The molecule has 3 heteroatoms. The Morgan fingerprint density at radius 2 is 2.21 bits per heavy atom. The van der Waals surface area contributed by atoms with Gasteiger partial charge in [0.2, 0.25) is 0 Å². The van der Waals surface area contributed by atoms with Gasteiger partial charge in [0.05, 0.1) is 7.11 Å². The molecular weight excluding hydrogens is 178 g/mol. The molecule has 2 rings (SSSR count). The SMILES string of the molecule is COC(=O)CC(C1CC1)C1CCNC1. The van der Waals surface area contributed by atoms with Crippen LogP contribution in [-0.2, 0) is 9.53 Å². The maximum Gasteiger partial charge on any atom is 0.305 e. The highest BCUT2D eigenvalue weighted by molar-refractivity contribution is 5.69. The van der Waals surface area contributed by atoms with Gasteiger partial charge < -0.3 is 10.1 Å². The fourth-order valence-electron chi connectivity index (χ4n) is 2.56. The van der Waals surface area contributed by atoms with Crippen molar-refractivity contribution in [2.24, 2.45) is 17.8 Å². The molecule has 1 N–H and O–H groups in total. The summed E-state index contributed by atoms with van der Waals surface area (Å²) in [6.07, 6.45) is 4.50. The Bertz CT molecular complexity index is 207. The topological polar surface area (TPSA) is 38.3 Å². The first-order valence-electron chi connectivity index (χ1n) is 5.59. The van der Waals surface area contributed by atoms with Gasteiger partial charge in [0, 0.05) is 6.42 Å². The number of carbonyl (C=O) groups excluding carboxylic acids is 1. The second-order valence-electron chi connectivity index (χ2n) is 4.53. The van der Waals surface area contributed by atoms with Crippen LogP contribution in [0.3, 0.4) is 0 Å². The van der Waals surface area contributed by atoms with Crippen molar-refractivity contribution in [3.05, 3.63) is 0 Å². The number of carbonyl (C=O) groups is 1. The molecule has 1 saturated carbocycles. The molecule has 2 atom stereocenters. The molecule has 0 aromatic carbocycles. The van der Waals surface area contributed by atoms with E-state index in [1.54, 1.807) is 0 Å². The standard InChI is InChI=1S/C11H19NO2/c1-14-11(13)6-10(8-2-3-8)9-4-5-12-7-9/h8-10,12H,2-7H2,1H3. The summed E-state index contributed by atoms with van der Waals surface area (Å²) in [6, 6.07) is 0. The Kier molecular flexibility index (Phi) is 3.06. The summed E-state index contributed by atoms with van der Waals surface area (Å²) in [5.41, 5.74) is 0. The quantitative estimate of drug-likeness (QED) is 0.688. The van der Waals surface area contributed by atoms with E-state index in [9.17, 15) is 4.79 Å². The predicted molar refractivity (Wildman–Crippen MR) is 53.8 cm³/mol. The van der Waals surface area contributed by atoms with Crippen molar-refractivity contribution in [2.45, 2.75) is 25.7 Å². The smallest absolute Gasteiger partial charge is 0.305 e. The molecule has 80 valence electrons. The maximum absolute atomic E-state index is 11.3. The van der Waals surface area contributed by atoms with Crippen LogP contribution in [0.2, 0.25) is 0 Å². The molecule has 0 aromatic rings. The molecule has 1 heterocycles. The van der Waals surface area contributed by atoms with Crippen LogP contribution in [0.5, 0.6) is 0 Å². The summed E-state index contributed by atoms with van der Waals surface area (Å²) in [7, 11) is 1.49. The van der Waals surface area contributed by atoms with Crippen LogP contribution in [-0.4, -0.2) is 26.2 Å². The monoisotopic (exact) mass is 197 g/mol. The van der Waals surface area contributed by atoms with E-state index >= 15 is 0 Å². The van der Waals surface area contributed by atoms with Gasteiger partial charge in [-0.1, -0.05) is 0 Å². The highest BCUT2D eigenvalue weighted by Gasteiger charge is 2.38. The maximum atomic E-state index is 11.3. The predicted octanol–water partition coefficient (Wildman–Crippen LogP) is 1.19. The van der Waals surface area contributed by atoms with E-state index in [4.69, 9.17) is 4.74 Å². The molecule has 2 fully saturated rings. The molecular formula is C11H19NO2. The summed E-state index contributed by atoms with van der Waals surface area (Å²) in [4.78, 5) is 11.3. The molecule has 0 radical (unpaired) electrons. The molecule has 1 saturated heterocycles. The van der Waals surface area contributed by atoms with Gasteiger partial charge in [0.25, 0.3) is 0 Å². The van der Waals surface area contributed by atoms with E-state index < -0.39 is 0 Å². The molecule has 1 aliphatic heterocycles. The average Bonchev–Trinajstić information content (AvgIpc) is 2.89. The molecule has 1 aliphatic carbocycles. The number of hydrogen-bond donors (Lipinski definition) is 1. The number of hydrogen-bond acceptors (Lipinski definition) is 3. The zero-order valence-corrected chi connectivity index (χ0v) is 8.79. The average molecular weight is 197 g/mol. The van der Waals surface area contributed by atoms with Crippen molar-refractivity contribution in [3.8, 4) is 0 Å². The Morgan fingerprint density at radius 3 is 2.71 bits per heavy atom. The molecule has 14 heavy (non-hydrogen) atoms. The van der Waals surface area contributed by atoms with E-state index in [1.165, 1.54) is 26.4 Å². The number of methoxy groups -OCH3 is 1. The molecule has 0 bridgehead atoms. The Balaban J connectivity index is 1.89. The van der Waals surface area contributed by atoms with Crippen molar-refractivity contribution in [3.63, 3.8) is 0 Å². The summed E-state index contributed by atoms with van der Waals surface area (Å²) < 4.78 is 4.76. The Morgan fingerprint density at radius 1 is 1.43 bits per heavy atom. The minimum atomic E-state index is -0.0335. The molecule has 0 spiro atoms. The minimum Gasteiger partial charge on any atom is -0.469 e.